The van der Waals surface area contributed by atoms with Gasteiger partial charge in [-0.2, -0.15) is 0 Å². The molecule has 2 N–H and O–H groups in total. The van der Waals surface area contributed by atoms with Crippen molar-refractivity contribution in [2.75, 3.05) is 11.1 Å². The molecule has 0 aliphatic rings. The monoisotopic (exact) mass is 327 g/mol. The summed E-state index contributed by atoms with van der Waals surface area (Å²) in [5.74, 6) is 0.0292. The number of aromatic nitrogens is 4. The number of unbranched alkanes of at least 4 members (excludes halogenated alkanes) is 1. The fourth-order valence-corrected chi connectivity index (χ4v) is 3.10. The van der Waals surface area contributed by atoms with Crippen molar-refractivity contribution >= 4 is 34.1 Å². The summed E-state index contributed by atoms with van der Waals surface area (Å²) in [6.45, 7) is 4.54. The number of carbonyl (C=O) groups is 1. The number of aryl methyl sites for hydroxylation is 1. The molecule has 0 radical (unpaired) electrons. The first-order valence-electron chi connectivity index (χ1n) is 6.60. The molecule has 0 bridgehead atoms. The zero-order valence-corrected chi connectivity index (χ0v) is 13.5. The summed E-state index contributed by atoms with van der Waals surface area (Å²) in [4.78, 5) is 27.6. The molecule has 0 aliphatic heterocycles. The second-order valence-electron chi connectivity index (χ2n) is 4.45. The Morgan fingerprint density at radius 2 is 2.38 bits per heavy atom. The van der Waals surface area contributed by atoms with Crippen LogP contribution in [-0.2, 0) is 11.3 Å². The van der Waals surface area contributed by atoms with Gasteiger partial charge in [0, 0.05) is 11.9 Å². The molecule has 21 heavy (non-hydrogen) atoms. The highest BCUT2D eigenvalue weighted by atomic mass is 32.2. The molecular formula is C12H17N5O2S2. The lowest BCUT2D eigenvalue weighted by Crippen LogP contribution is -2.19. The molecule has 0 aromatic carbocycles. The van der Waals surface area contributed by atoms with Crippen LogP contribution < -0.4 is 11.0 Å². The van der Waals surface area contributed by atoms with Crippen molar-refractivity contribution < 1.29 is 4.79 Å². The molecule has 0 fully saturated rings. The molecule has 0 saturated heterocycles. The van der Waals surface area contributed by atoms with Gasteiger partial charge in [-0.3, -0.25) is 9.36 Å². The average molecular weight is 327 g/mol. The van der Waals surface area contributed by atoms with Crippen LogP contribution in [0.25, 0.3) is 0 Å². The van der Waals surface area contributed by atoms with Crippen molar-refractivity contribution in [2.24, 2.45) is 0 Å². The summed E-state index contributed by atoms with van der Waals surface area (Å²) in [5.41, 5.74) is 0.644. The molecule has 0 atom stereocenters. The lowest BCUT2D eigenvalue weighted by molar-refractivity contribution is -0.113. The van der Waals surface area contributed by atoms with Gasteiger partial charge >= 0.3 is 5.69 Å². The normalized spacial score (nSPS) is 10.8. The summed E-state index contributed by atoms with van der Waals surface area (Å²) in [5, 5.41) is 12.1. The molecule has 0 saturated carbocycles. The van der Waals surface area contributed by atoms with Crippen molar-refractivity contribution in [1.29, 1.82) is 0 Å². The molecule has 0 aliphatic carbocycles. The van der Waals surface area contributed by atoms with Gasteiger partial charge < -0.3 is 5.32 Å². The second-order valence-corrected chi connectivity index (χ2v) is 6.25. The smallest absolute Gasteiger partial charge is 0.301 e. The fourth-order valence-electron chi connectivity index (χ4n) is 1.62. The van der Waals surface area contributed by atoms with Crippen LogP contribution in [0.15, 0.2) is 15.3 Å². The van der Waals surface area contributed by atoms with E-state index in [-0.39, 0.29) is 17.3 Å². The van der Waals surface area contributed by atoms with E-state index in [4.69, 9.17) is 0 Å². The first-order chi connectivity index (χ1) is 10.1. The zero-order chi connectivity index (χ0) is 15.2. The predicted molar refractivity (Wildman–Crippen MR) is 84.0 cm³/mol. The zero-order valence-electron chi connectivity index (χ0n) is 11.9. The molecule has 7 nitrogen and oxygen atoms in total. The minimum Gasteiger partial charge on any atom is -0.301 e. The predicted octanol–water partition coefficient (Wildman–Crippen LogP) is 1.87. The van der Waals surface area contributed by atoms with E-state index in [9.17, 15) is 9.59 Å². The van der Waals surface area contributed by atoms with Gasteiger partial charge in [-0.25, -0.2) is 14.9 Å². The number of thioether (sulfide) groups is 1. The Morgan fingerprint density at radius 3 is 3.05 bits per heavy atom. The van der Waals surface area contributed by atoms with Gasteiger partial charge in [-0.15, -0.1) is 16.4 Å². The quantitative estimate of drug-likeness (QED) is 0.757. The number of hydrogen-bond acceptors (Lipinski definition) is 6. The number of nitrogens with zero attached hydrogens (tertiary/aromatic N) is 3. The molecule has 2 rings (SSSR count). The Morgan fingerprint density at radius 1 is 1.57 bits per heavy atom. The Balaban J connectivity index is 1.90. The van der Waals surface area contributed by atoms with E-state index in [1.54, 1.807) is 4.57 Å². The standard InChI is InChI=1S/C12H17N5O2S2/c1-3-4-5-17-11(19)15-16-12(17)21-7-9(18)14-10-13-8(2)6-20-10/h6H,3-5,7H2,1-2H3,(H,15,19)(H,13,14,18). The van der Waals surface area contributed by atoms with Gasteiger partial charge in [0.1, 0.15) is 0 Å². The molecule has 0 unspecified atom stereocenters. The van der Waals surface area contributed by atoms with Crippen LogP contribution in [0.3, 0.4) is 0 Å². The molecule has 1 amide bonds. The van der Waals surface area contributed by atoms with Crippen LogP contribution in [0.4, 0.5) is 5.13 Å². The van der Waals surface area contributed by atoms with Crippen LogP contribution in [-0.4, -0.2) is 31.4 Å². The molecule has 9 heteroatoms. The SMILES string of the molecule is CCCCn1c(SCC(=O)Nc2nc(C)cs2)n[nH]c1=O. The van der Waals surface area contributed by atoms with Gasteiger partial charge in [-0.05, 0) is 13.3 Å². The van der Waals surface area contributed by atoms with Crippen LogP contribution in [0.1, 0.15) is 25.5 Å². The van der Waals surface area contributed by atoms with Crippen LogP contribution in [0.5, 0.6) is 0 Å². The van der Waals surface area contributed by atoms with Crippen molar-refractivity contribution in [2.45, 2.75) is 38.4 Å². The molecule has 0 spiro atoms. The molecular weight excluding hydrogens is 310 g/mol. The van der Waals surface area contributed by atoms with Gasteiger partial charge in [0.2, 0.25) is 5.91 Å². The summed E-state index contributed by atoms with van der Waals surface area (Å²) in [6.07, 6.45) is 1.89. The Kier molecular flexibility index (Phi) is 5.57. The fraction of sp³-hybridized carbons (Fsp3) is 0.500. The summed E-state index contributed by atoms with van der Waals surface area (Å²) in [7, 11) is 0. The van der Waals surface area contributed by atoms with E-state index >= 15 is 0 Å². The first-order valence-corrected chi connectivity index (χ1v) is 8.46. The topological polar surface area (TPSA) is 92.7 Å². The van der Waals surface area contributed by atoms with Crippen molar-refractivity contribution in [3.05, 3.63) is 21.6 Å². The van der Waals surface area contributed by atoms with E-state index < -0.39 is 0 Å². The minimum atomic E-state index is -0.234. The highest BCUT2D eigenvalue weighted by Gasteiger charge is 2.12. The third-order valence-corrected chi connectivity index (χ3v) is 4.51. The number of anilines is 1. The third kappa shape index (κ3) is 4.43. The molecule has 2 aromatic heterocycles. The summed E-state index contributed by atoms with van der Waals surface area (Å²) in [6, 6.07) is 0. The van der Waals surface area contributed by atoms with Gasteiger partial charge in [0.15, 0.2) is 10.3 Å². The number of rotatable bonds is 7. The average Bonchev–Trinajstić information content (AvgIpc) is 3.01. The number of amides is 1. The van der Waals surface area contributed by atoms with E-state index in [1.807, 2.05) is 12.3 Å². The number of nitrogens with one attached hydrogen (secondary N) is 2. The Bertz CT molecular complexity index is 661. The van der Waals surface area contributed by atoms with Gasteiger partial charge in [0.25, 0.3) is 0 Å². The number of hydrogen-bond donors (Lipinski definition) is 2. The maximum atomic E-state index is 11.8. The van der Waals surface area contributed by atoms with Gasteiger partial charge in [0.05, 0.1) is 11.4 Å². The summed E-state index contributed by atoms with van der Waals surface area (Å²) < 4.78 is 1.56. The highest BCUT2D eigenvalue weighted by molar-refractivity contribution is 7.99. The van der Waals surface area contributed by atoms with Crippen LogP contribution >= 0.6 is 23.1 Å². The number of carbonyl (C=O) groups excluding carboxylic acids is 1. The molecule has 2 aromatic rings. The van der Waals surface area contributed by atoms with E-state index in [2.05, 4.69) is 27.4 Å². The Labute approximate surface area is 130 Å². The van der Waals surface area contributed by atoms with E-state index in [0.717, 1.165) is 18.5 Å². The highest BCUT2D eigenvalue weighted by Crippen LogP contribution is 2.17. The lowest BCUT2D eigenvalue weighted by Gasteiger charge is -2.04. The second kappa shape index (κ2) is 7.41. The third-order valence-electron chi connectivity index (χ3n) is 2.66. The lowest BCUT2D eigenvalue weighted by atomic mass is 10.3. The molecule has 2 heterocycles. The molecule has 114 valence electrons. The van der Waals surface area contributed by atoms with Crippen LogP contribution in [0.2, 0.25) is 0 Å². The number of thiazole rings is 1. The van der Waals surface area contributed by atoms with E-state index in [0.29, 0.717) is 16.8 Å². The van der Waals surface area contributed by atoms with Crippen LogP contribution in [0, 0.1) is 6.92 Å². The number of H-pyrrole nitrogens is 1. The maximum Gasteiger partial charge on any atom is 0.343 e. The van der Waals surface area contributed by atoms with Crippen molar-refractivity contribution in [3.63, 3.8) is 0 Å². The Hall–Kier alpha value is -1.61. The minimum absolute atomic E-state index is 0.160. The first kappa shape index (κ1) is 15.8. The van der Waals surface area contributed by atoms with Gasteiger partial charge in [-0.1, -0.05) is 25.1 Å². The van der Waals surface area contributed by atoms with Crippen molar-refractivity contribution in [1.82, 2.24) is 19.7 Å². The number of aromatic amines is 1. The maximum absolute atomic E-state index is 11.8. The van der Waals surface area contributed by atoms with E-state index in [1.165, 1.54) is 23.1 Å². The van der Waals surface area contributed by atoms with Crippen molar-refractivity contribution in [3.8, 4) is 0 Å². The summed E-state index contributed by atoms with van der Waals surface area (Å²) >= 11 is 2.63. The largest absolute Gasteiger partial charge is 0.343 e.